The molecule has 94 valence electrons. The van der Waals surface area contributed by atoms with Gasteiger partial charge in [-0.1, -0.05) is 48.5 Å². The predicted octanol–water partition coefficient (Wildman–Crippen LogP) is 4.40. The van der Waals surface area contributed by atoms with Gasteiger partial charge >= 0.3 is 0 Å². The molecule has 0 heterocycles. The van der Waals surface area contributed by atoms with Gasteiger partial charge in [0.25, 0.3) is 0 Å². The summed E-state index contributed by atoms with van der Waals surface area (Å²) in [5, 5.41) is 9.33. The number of rotatable bonds is 2. The summed E-state index contributed by atoms with van der Waals surface area (Å²) in [6.45, 7) is 2.16. The van der Waals surface area contributed by atoms with E-state index in [1.807, 2.05) is 12.1 Å². The summed E-state index contributed by atoms with van der Waals surface area (Å²) in [6.07, 6.45) is 0.897. The van der Waals surface area contributed by atoms with E-state index in [4.69, 9.17) is 0 Å². The van der Waals surface area contributed by atoms with Gasteiger partial charge in [-0.05, 0) is 53.3 Å². The Morgan fingerprint density at radius 2 is 1.53 bits per heavy atom. The van der Waals surface area contributed by atoms with Crippen molar-refractivity contribution in [2.24, 2.45) is 0 Å². The van der Waals surface area contributed by atoms with Crippen molar-refractivity contribution in [3.63, 3.8) is 0 Å². The van der Waals surface area contributed by atoms with Gasteiger partial charge in [0.05, 0.1) is 0 Å². The minimum Gasteiger partial charge on any atom is -0.508 e. The molecule has 0 spiro atoms. The quantitative estimate of drug-likeness (QED) is 0.712. The van der Waals surface area contributed by atoms with Gasteiger partial charge in [0.2, 0.25) is 0 Å². The number of benzene rings is 1. The molecule has 3 rings (SSSR count). The second-order valence-corrected chi connectivity index (χ2v) is 4.93. The molecule has 0 saturated carbocycles. The zero-order chi connectivity index (χ0) is 13.2. The maximum Gasteiger partial charge on any atom is 0.115 e. The summed E-state index contributed by atoms with van der Waals surface area (Å²) in [5.41, 5.74) is 6.51. The van der Waals surface area contributed by atoms with Crippen LogP contribution in [0.3, 0.4) is 0 Å². The summed E-state index contributed by atoms with van der Waals surface area (Å²) in [6, 6.07) is 20.3. The molecule has 0 unspecified atom stereocenters. The smallest absolute Gasteiger partial charge is 0.115 e. The second-order valence-electron chi connectivity index (χ2n) is 4.93. The Morgan fingerprint density at radius 1 is 0.842 bits per heavy atom. The monoisotopic (exact) mass is 248 g/mol. The van der Waals surface area contributed by atoms with Crippen LogP contribution >= 0.6 is 0 Å². The molecule has 0 bridgehead atoms. The lowest BCUT2D eigenvalue weighted by Gasteiger charge is -2.03. The summed E-state index contributed by atoms with van der Waals surface area (Å²) < 4.78 is 0. The van der Waals surface area contributed by atoms with Crippen LogP contribution in [0.5, 0.6) is 5.75 Å². The molecule has 0 saturated heterocycles. The van der Waals surface area contributed by atoms with Crippen molar-refractivity contribution in [3.8, 4) is 16.9 Å². The van der Waals surface area contributed by atoms with E-state index < -0.39 is 0 Å². The maximum atomic E-state index is 9.33. The van der Waals surface area contributed by atoms with E-state index in [1.54, 1.807) is 12.1 Å². The molecular weight excluding hydrogens is 232 g/mol. The first-order valence-corrected chi connectivity index (χ1v) is 6.49. The third-order valence-electron chi connectivity index (χ3n) is 3.53. The molecule has 0 aliphatic heterocycles. The van der Waals surface area contributed by atoms with E-state index in [0.29, 0.717) is 5.75 Å². The normalized spacial score (nSPS) is 10.8. The van der Waals surface area contributed by atoms with Gasteiger partial charge in [-0.2, -0.15) is 0 Å². The molecule has 1 heteroatoms. The SMILES string of the molecule is Cc1cc(Cc2ccc(O)cc2)c2cccccc1-2. The van der Waals surface area contributed by atoms with E-state index in [2.05, 4.69) is 43.3 Å². The van der Waals surface area contributed by atoms with E-state index in [1.165, 1.54) is 27.8 Å². The van der Waals surface area contributed by atoms with Crippen LogP contribution in [0.4, 0.5) is 0 Å². The van der Waals surface area contributed by atoms with Crippen molar-refractivity contribution >= 4 is 0 Å². The van der Waals surface area contributed by atoms with Crippen LogP contribution < -0.4 is 0 Å². The summed E-state index contributed by atoms with van der Waals surface area (Å²) in [5.74, 6) is 0.318. The second kappa shape index (κ2) is 4.77. The highest BCUT2D eigenvalue weighted by Crippen LogP contribution is 2.32. The van der Waals surface area contributed by atoms with E-state index in [9.17, 15) is 5.11 Å². The van der Waals surface area contributed by atoms with Gasteiger partial charge in [-0.3, -0.25) is 0 Å². The number of aromatic hydroxyl groups is 1. The third-order valence-corrected chi connectivity index (χ3v) is 3.53. The van der Waals surface area contributed by atoms with Gasteiger partial charge < -0.3 is 5.11 Å². The molecular formula is C18H16O. The third kappa shape index (κ3) is 2.32. The highest BCUT2D eigenvalue weighted by Gasteiger charge is 2.11. The Morgan fingerprint density at radius 3 is 2.26 bits per heavy atom. The molecule has 0 aromatic heterocycles. The Bertz CT molecular complexity index is 668. The molecule has 0 amide bonds. The zero-order valence-corrected chi connectivity index (χ0v) is 10.9. The van der Waals surface area contributed by atoms with Crippen LogP contribution in [0, 0.1) is 6.92 Å². The number of hydrogen-bond acceptors (Lipinski definition) is 1. The first kappa shape index (κ1) is 11.8. The van der Waals surface area contributed by atoms with Crippen LogP contribution in [-0.4, -0.2) is 5.11 Å². The number of fused-ring (bicyclic) bond motifs is 1. The standard InChI is InChI=1S/C18H16O/c1-13-11-15(12-14-7-9-16(19)10-8-14)18-6-4-2-3-5-17(13)18/h2-11,19H,12H2,1H3. The number of phenols is 1. The minimum atomic E-state index is 0.318. The Labute approximate surface area is 113 Å². The molecule has 2 aliphatic carbocycles. The average molecular weight is 248 g/mol. The Balaban J connectivity index is 2.01. The molecule has 1 nitrogen and oxygen atoms in total. The van der Waals surface area contributed by atoms with Gasteiger partial charge in [0.1, 0.15) is 5.75 Å². The zero-order valence-electron chi connectivity index (χ0n) is 10.9. The van der Waals surface area contributed by atoms with Crippen molar-refractivity contribution in [3.05, 3.63) is 77.4 Å². The lowest BCUT2D eigenvalue weighted by atomic mass is 10.0. The molecule has 1 N–H and O–H groups in total. The first-order valence-electron chi connectivity index (χ1n) is 6.49. The van der Waals surface area contributed by atoms with Crippen molar-refractivity contribution in [2.75, 3.05) is 0 Å². The Kier molecular flexibility index (Phi) is 2.96. The Hall–Kier alpha value is -2.28. The fourth-order valence-corrected chi connectivity index (χ4v) is 2.57. The number of aryl methyl sites for hydroxylation is 1. The molecule has 1 aromatic carbocycles. The first-order chi connectivity index (χ1) is 9.24. The molecule has 2 aliphatic rings. The highest BCUT2D eigenvalue weighted by atomic mass is 16.3. The fraction of sp³-hybridized carbons (Fsp3) is 0.111. The van der Waals surface area contributed by atoms with Crippen LogP contribution in [0.15, 0.2) is 60.7 Å². The van der Waals surface area contributed by atoms with Gasteiger partial charge in [0.15, 0.2) is 0 Å². The molecule has 0 radical (unpaired) electrons. The maximum absolute atomic E-state index is 9.33. The number of phenolic OH excluding ortho intramolecular Hbond substituents is 1. The van der Waals surface area contributed by atoms with Gasteiger partial charge in [-0.15, -0.1) is 0 Å². The minimum absolute atomic E-state index is 0.318. The lowest BCUT2D eigenvalue weighted by molar-refractivity contribution is 0.475. The van der Waals surface area contributed by atoms with Crippen molar-refractivity contribution in [1.29, 1.82) is 0 Å². The van der Waals surface area contributed by atoms with Crippen molar-refractivity contribution in [1.82, 2.24) is 0 Å². The van der Waals surface area contributed by atoms with Crippen LogP contribution in [0.1, 0.15) is 16.7 Å². The van der Waals surface area contributed by atoms with Crippen molar-refractivity contribution in [2.45, 2.75) is 13.3 Å². The van der Waals surface area contributed by atoms with Gasteiger partial charge in [0, 0.05) is 0 Å². The van der Waals surface area contributed by atoms with Crippen LogP contribution in [0.25, 0.3) is 11.1 Å². The highest BCUT2D eigenvalue weighted by molar-refractivity contribution is 5.74. The molecule has 0 atom stereocenters. The summed E-state index contributed by atoms with van der Waals surface area (Å²) in [4.78, 5) is 0. The topological polar surface area (TPSA) is 20.2 Å². The molecule has 1 aromatic rings. The van der Waals surface area contributed by atoms with Gasteiger partial charge in [-0.25, -0.2) is 0 Å². The van der Waals surface area contributed by atoms with Crippen LogP contribution in [0.2, 0.25) is 0 Å². The lowest BCUT2D eigenvalue weighted by Crippen LogP contribution is -1.86. The largest absolute Gasteiger partial charge is 0.508 e. The van der Waals surface area contributed by atoms with E-state index >= 15 is 0 Å². The predicted molar refractivity (Wildman–Crippen MR) is 78.7 cm³/mol. The van der Waals surface area contributed by atoms with Crippen molar-refractivity contribution < 1.29 is 5.11 Å². The molecule has 19 heavy (non-hydrogen) atoms. The van der Waals surface area contributed by atoms with E-state index in [0.717, 1.165) is 6.42 Å². The van der Waals surface area contributed by atoms with Crippen LogP contribution in [-0.2, 0) is 6.42 Å². The summed E-state index contributed by atoms with van der Waals surface area (Å²) >= 11 is 0. The number of hydrogen-bond donors (Lipinski definition) is 1. The fourth-order valence-electron chi connectivity index (χ4n) is 2.57. The summed E-state index contributed by atoms with van der Waals surface area (Å²) in [7, 11) is 0. The van der Waals surface area contributed by atoms with E-state index in [-0.39, 0.29) is 0 Å². The molecule has 0 fully saturated rings. The average Bonchev–Trinajstić information content (AvgIpc) is 2.59.